The smallest absolute Gasteiger partial charge is 0.257 e. The van der Waals surface area contributed by atoms with Crippen LogP contribution in [0.5, 0.6) is 5.75 Å². The largest absolute Gasteiger partial charge is 0.497 e. The Morgan fingerprint density at radius 3 is 2.46 bits per heavy atom. The maximum atomic E-state index is 12.6. The zero-order chi connectivity index (χ0) is 20.3. The number of hydrogen-bond acceptors (Lipinski definition) is 6. The van der Waals surface area contributed by atoms with Gasteiger partial charge in [0, 0.05) is 32.7 Å². The molecule has 1 aromatic carbocycles. The molecule has 0 N–H and O–H groups in total. The van der Waals surface area contributed by atoms with Crippen LogP contribution in [0, 0.1) is 13.8 Å². The van der Waals surface area contributed by atoms with Crippen LogP contribution in [-0.2, 0) is 9.84 Å². The summed E-state index contributed by atoms with van der Waals surface area (Å²) in [4.78, 5) is 16.8. The number of aryl methyl sites for hydroxylation is 2. The standard InChI is InChI=1S/C20H26N2O5S/c1-15-13-19(16(2)27-15)20(23)22-9-7-21(8-10-22)11-12-28(24,25)18-6-4-5-17(14-18)26-3/h4-6,13-14H,7-12H2,1-3H3. The number of hydrogen-bond donors (Lipinski definition) is 0. The SMILES string of the molecule is COc1cccc(S(=O)(=O)CCN2CCN(C(=O)c3cc(C)oc3C)CC2)c1. The van der Waals surface area contributed by atoms with Crippen LogP contribution < -0.4 is 4.74 Å². The zero-order valence-electron chi connectivity index (χ0n) is 16.5. The second-order valence-electron chi connectivity index (χ2n) is 6.96. The highest BCUT2D eigenvalue weighted by molar-refractivity contribution is 7.91. The van der Waals surface area contributed by atoms with Crippen molar-refractivity contribution in [2.75, 3.05) is 45.6 Å². The van der Waals surface area contributed by atoms with Gasteiger partial charge in [-0.15, -0.1) is 0 Å². The topological polar surface area (TPSA) is 80.1 Å². The maximum Gasteiger partial charge on any atom is 0.257 e. The molecule has 2 aromatic rings. The Morgan fingerprint density at radius 2 is 1.86 bits per heavy atom. The van der Waals surface area contributed by atoms with E-state index in [0.717, 1.165) is 5.76 Å². The first-order chi connectivity index (χ1) is 13.3. The number of amides is 1. The van der Waals surface area contributed by atoms with Crippen LogP contribution in [-0.4, -0.2) is 69.7 Å². The lowest BCUT2D eigenvalue weighted by Crippen LogP contribution is -2.49. The number of carbonyl (C=O) groups is 1. The number of rotatable bonds is 6. The highest BCUT2D eigenvalue weighted by atomic mass is 32.2. The highest BCUT2D eigenvalue weighted by Crippen LogP contribution is 2.19. The first-order valence-corrected chi connectivity index (χ1v) is 10.9. The lowest BCUT2D eigenvalue weighted by molar-refractivity contribution is 0.0642. The van der Waals surface area contributed by atoms with E-state index < -0.39 is 9.84 Å². The molecule has 2 heterocycles. The Balaban J connectivity index is 1.54. The molecule has 0 atom stereocenters. The lowest BCUT2D eigenvalue weighted by Gasteiger charge is -2.34. The molecule has 7 nitrogen and oxygen atoms in total. The number of nitrogens with zero attached hydrogens (tertiary/aromatic N) is 2. The first kappa shape index (κ1) is 20.4. The summed E-state index contributed by atoms with van der Waals surface area (Å²) in [5.41, 5.74) is 0.603. The summed E-state index contributed by atoms with van der Waals surface area (Å²) in [6, 6.07) is 8.30. The first-order valence-electron chi connectivity index (χ1n) is 9.25. The van der Waals surface area contributed by atoms with Crippen molar-refractivity contribution in [2.24, 2.45) is 0 Å². The van der Waals surface area contributed by atoms with Gasteiger partial charge >= 0.3 is 0 Å². The molecule has 0 bridgehead atoms. The van der Waals surface area contributed by atoms with Gasteiger partial charge in [-0.05, 0) is 38.1 Å². The van der Waals surface area contributed by atoms with Crippen molar-refractivity contribution in [3.63, 3.8) is 0 Å². The molecule has 0 radical (unpaired) electrons. The van der Waals surface area contributed by atoms with E-state index in [-0.39, 0.29) is 16.6 Å². The minimum Gasteiger partial charge on any atom is -0.497 e. The number of carbonyl (C=O) groups excluding carboxylic acids is 1. The van der Waals surface area contributed by atoms with Gasteiger partial charge in [0.15, 0.2) is 9.84 Å². The summed E-state index contributed by atoms with van der Waals surface area (Å²) >= 11 is 0. The van der Waals surface area contributed by atoms with Crippen LogP contribution in [0.25, 0.3) is 0 Å². The van der Waals surface area contributed by atoms with Crippen LogP contribution in [0.15, 0.2) is 39.6 Å². The van der Waals surface area contributed by atoms with Crippen molar-refractivity contribution in [1.82, 2.24) is 9.80 Å². The van der Waals surface area contributed by atoms with E-state index in [1.54, 1.807) is 42.2 Å². The highest BCUT2D eigenvalue weighted by Gasteiger charge is 2.26. The van der Waals surface area contributed by atoms with Gasteiger partial charge in [-0.2, -0.15) is 0 Å². The molecular formula is C20H26N2O5S. The minimum absolute atomic E-state index is 0.0296. The van der Waals surface area contributed by atoms with Crippen LogP contribution in [0.2, 0.25) is 0 Å². The number of benzene rings is 1. The molecule has 8 heteroatoms. The van der Waals surface area contributed by atoms with Gasteiger partial charge in [-0.1, -0.05) is 6.07 Å². The normalized spacial score (nSPS) is 15.6. The number of ether oxygens (including phenoxy) is 1. The van der Waals surface area contributed by atoms with Gasteiger partial charge in [0.25, 0.3) is 5.91 Å². The van der Waals surface area contributed by atoms with E-state index in [9.17, 15) is 13.2 Å². The molecular weight excluding hydrogens is 380 g/mol. The molecule has 1 aliphatic heterocycles. The van der Waals surface area contributed by atoms with Crippen LogP contribution in [0.3, 0.4) is 0 Å². The Morgan fingerprint density at radius 1 is 1.14 bits per heavy atom. The van der Waals surface area contributed by atoms with E-state index >= 15 is 0 Å². The van der Waals surface area contributed by atoms with E-state index in [0.29, 0.717) is 49.8 Å². The molecule has 1 fully saturated rings. The van der Waals surface area contributed by atoms with E-state index in [4.69, 9.17) is 9.15 Å². The Bertz CT molecular complexity index is 943. The summed E-state index contributed by atoms with van der Waals surface area (Å²) < 4.78 is 35.7. The van der Waals surface area contributed by atoms with Gasteiger partial charge in [-0.3, -0.25) is 9.69 Å². The molecule has 152 valence electrons. The second-order valence-corrected chi connectivity index (χ2v) is 9.07. The van der Waals surface area contributed by atoms with Gasteiger partial charge in [0.2, 0.25) is 0 Å². The fraction of sp³-hybridized carbons (Fsp3) is 0.450. The predicted molar refractivity (Wildman–Crippen MR) is 106 cm³/mol. The summed E-state index contributed by atoms with van der Waals surface area (Å²) in [6.45, 7) is 6.49. The third-order valence-electron chi connectivity index (χ3n) is 5.01. The van der Waals surface area contributed by atoms with Crippen molar-refractivity contribution in [3.05, 3.63) is 47.4 Å². The van der Waals surface area contributed by atoms with Crippen LogP contribution in [0.4, 0.5) is 0 Å². The molecule has 1 amide bonds. The van der Waals surface area contributed by atoms with Gasteiger partial charge < -0.3 is 14.1 Å². The maximum absolute atomic E-state index is 12.6. The van der Waals surface area contributed by atoms with E-state index in [2.05, 4.69) is 4.90 Å². The van der Waals surface area contributed by atoms with Crippen molar-refractivity contribution in [2.45, 2.75) is 18.7 Å². The molecule has 1 saturated heterocycles. The number of sulfone groups is 1. The van der Waals surface area contributed by atoms with E-state index in [1.165, 1.54) is 7.11 Å². The summed E-state index contributed by atoms with van der Waals surface area (Å²) in [5, 5.41) is 0. The van der Waals surface area contributed by atoms with Crippen LogP contribution in [0.1, 0.15) is 21.9 Å². The molecule has 0 unspecified atom stereocenters. The average molecular weight is 407 g/mol. The Labute approximate surface area is 165 Å². The monoisotopic (exact) mass is 406 g/mol. The number of furan rings is 1. The van der Waals surface area contributed by atoms with Crippen molar-refractivity contribution >= 4 is 15.7 Å². The molecule has 0 spiro atoms. The van der Waals surface area contributed by atoms with Gasteiger partial charge in [-0.25, -0.2) is 8.42 Å². The lowest BCUT2D eigenvalue weighted by atomic mass is 10.2. The minimum atomic E-state index is -3.38. The fourth-order valence-corrected chi connectivity index (χ4v) is 4.67. The summed E-state index contributed by atoms with van der Waals surface area (Å²) in [5.74, 6) is 1.89. The number of methoxy groups -OCH3 is 1. The molecule has 0 aliphatic carbocycles. The number of piperazine rings is 1. The summed E-state index contributed by atoms with van der Waals surface area (Å²) in [7, 11) is -1.87. The average Bonchev–Trinajstić information content (AvgIpc) is 3.04. The second kappa shape index (κ2) is 8.36. The zero-order valence-corrected chi connectivity index (χ0v) is 17.3. The molecule has 1 aromatic heterocycles. The van der Waals surface area contributed by atoms with Crippen molar-refractivity contribution in [3.8, 4) is 5.75 Å². The fourth-order valence-electron chi connectivity index (χ4n) is 3.35. The predicted octanol–water partition coefficient (Wildman–Crippen LogP) is 2.14. The third-order valence-corrected chi connectivity index (χ3v) is 6.70. The molecule has 0 saturated carbocycles. The Kier molecular flexibility index (Phi) is 6.10. The molecule has 3 rings (SSSR count). The Hall–Kier alpha value is -2.32. The quantitative estimate of drug-likeness (QED) is 0.731. The van der Waals surface area contributed by atoms with Gasteiger partial charge in [0.1, 0.15) is 17.3 Å². The molecule has 28 heavy (non-hydrogen) atoms. The van der Waals surface area contributed by atoms with Gasteiger partial charge in [0.05, 0.1) is 23.3 Å². The van der Waals surface area contributed by atoms with Crippen molar-refractivity contribution < 1.29 is 22.4 Å². The van der Waals surface area contributed by atoms with E-state index in [1.807, 2.05) is 6.92 Å². The summed E-state index contributed by atoms with van der Waals surface area (Å²) in [6.07, 6.45) is 0. The third kappa shape index (κ3) is 4.56. The molecule has 1 aliphatic rings. The van der Waals surface area contributed by atoms with Crippen molar-refractivity contribution in [1.29, 1.82) is 0 Å². The van der Waals surface area contributed by atoms with Crippen LogP contribution >= 0.6 is 0 Å².